The van der Waals surface area contributed by atoms with Crippen LogP contribution in [0.5, 0.6) is 0 Å². The first-order valence-corrected chi connectivity index (χ1v) is 8.58. The van der Waals surface area contributed by atoms with Crippen LogP contribution in [0.2, 0.25) is 10.0 Å². The van der Waals surface area contributed by atoms with Crippen LogP contribution in [0.4, 0.5) is 5.69 Å². The maximum absolute atomic E-state index is 12.1. The fourth-order valence-corrected chi connectivity index (χ4v) is 3.40. The molecule has 1 heterocycles. The van der Waals surface area contributed by atoms with E-state index in [0.717, 1.165) is 11.8 Å². The van der Waals surface area contributed by atoms with Gasteiger partial charge in [0.05, 0.1) is 21.2 Å². The molecule has 2 aromatic rings. The van der Waals surface area contributed by atoms with Gasteiger partial charge in [0.2, 0.25) is 0 Å². The molecule has 1 aliphatic rings. The first-order valence-electron chi connectivity index (χ1n) is 7.01. The summed E-state index contributed by atoms with van der Waals surface area (Å²) in [5, 5.41) is 13.1. The lowest BCUT2D eigenvalue weighted by Gasteiger charge is -2.01. The van der Waals surface area contributed by atoms with Gasteiger partial charge in [-0.2, -0.15) is 0 Å². The number of carboxylic acids is 1. The number of aliphatic imine (C=N–C) groups is 1. The SMILES string of the molecule is O=C1NC(=Nc2ccc(Cl)cc2Cl)S/C1=C/c1ccccc1C(=O)O. The molecule has 126 valence electrons. The molecule has 0 saturated carbocycles. The zero-order valence-corrected chi connectivity index (χ0v) is 14.8. The lowest BCUT2D eigenvalue weighted by Crippen LogP contribution is -2.19. The van der Waals surface area contributed by atoms with E-state index in [9.17, 15) is 14.7 Å². The van der Waals surface area contributed by atoms with Crippen molar-refractivity contribution in [2.24, 2.45) is 4.99 Å². The maximum atomic E-state index is 12.1. The molecule has 1 fully saturated rings. The fourth-order valence-electron chi connectivity index (χ4n) is 2.12. The quantitative estimate of drug-likeness (QED) is 0.748. The monoisotopic (exact) mass is 392 g/mol. The summed E-state index contributed by atoms with van der Waals surface area (Å²) < 4.78 is 0. The summed E-state index contributed by atoms with van der Waals surface area (Å²) in [6.07, 6.45) is 1.52. The largest absolute Gasteiger partial charge is 0.478 e. The average Bonchev–Trinajstić information content (AvgIpc) is 2.90. The Kier molecular flexibility index (Phi) is 5.13. The normalized spacial score (nSPS) is 17.1. The molecule has 2 N–H and O–H groups in total. The molecular formula is C17H10Cl2N2O3S. The van der Waals surface area contributed by atoms with Gasteiger partial charge < -0.3 is 10.4 Å². The van der Waals surface area contributed by atoms with E-state index in [2.05, 4.69) is 10.3 Å². The number of rotatable bonds is 3. The minimum atomic E-state index is -1.06. The molecule has 0 spiro atoms. The molecule has 5 nitrogen and oxygen atoms in total. The van der Waals surface area contributed by atoms with Crippen molar-refractivity contribution in [3.05, 3.63) is 68.5 Å². The van der Waals surface area contributed by atoms with Crippen molar-refractivity contribution in [2.45, 2.75) is 0 Å². The average molecular weight is 393 g/mol. The minimum Gasteiger partial charge on any atom is -0.478 e. The number of carbonyl (C=O) groups excluding carboxylic acids is 1. The highest BCUT2D eigenvalue weighted by molar-refractivity contribution is 8.18. The molecule has 0 aromatic heterocycles. The van der Waals surface area contributed by atoms with Crippen LogP contribution in [0.25, 0.3) is 6.08 Å². The van der Waals surface area contributed by atoms with Gasteiger partial charge in [-0.1, -0.05) is 41.4 Å². The zero-order chi connectivity index (χ0) is 18.0. The molecule has 0 aliphatic carbocycles. The number of nitrogens with zero attached hydrogens (tertiary/aromatic N) is 1. The first kappa shape index (κ1) is 17.5. The van der Waals surface area contributed by atoms with Crippen LogP contribution < -0.4 is 5.32 Å². The van der Waals surface area contributed by atoms with Crippen LogP contribution in [0.3, 0.4) is 0 Å². The third kappa shape index (κ3) is 4.04. The molecule has 3 rings (SSSR count). The van der Waals surface area contributed by atoms with Gasteiger partial charge in [-0.25, -0.2) is 9.79 Å². The first-order chi connectivity index (χ1) is 11.9. The van der Waals surface area contributed by atoms with Gasteiger partial charge in [-0.15, -0.1) is 0 Å². The van der Waals surface area contributed by atoms with Crippen molar-refractivity contribution in [1.82, 2.24) is 5.32 Å². The van der Waals surface area contributed by atoms with Gasteiger partial charge >= 0.3 is 5.97 Å². The highest BCUT2D eigenvalue weighted by atomic mass is 35.5. The van der Waals surface area contributed by atoms with Gasteiger partial charge in [0.25, 0.3) is 5.91 Å². The number of amides is 1. The number of thioether (sulfide) groups is 1. The van der Waals surface area contributed by atoms with E-state index in [0.29, 0.717) is 31.4 Å². The fraction of sp³-hybridized carbons (Fsp3) is 0. The molecule has 0 atom stereocenters. The Labute approximate surface area is 157 Å². The van der Waals surface area contributed by atoms with Gasteiger partial charge in [-0.3, -0.25) is 4.79 Å². The van der Waals surface area contributed by atoms with Crippen molar-refractivity contribution in [1.29, 1.82) is 0 Å². The zero-order valence-electron chi connectivity index (χ0n) is 12.5. The van der Waals surface area contributed by atoms with Crippen LogP contribution in [0, 0.1) is 0 Å². The van der Waals surface area contributed by atoms with Crippen molar-refractivity contribution in [2.75, 3.05) is 0 Å². The highest BCUT2D eigenvalue weighted by Crippen LogP contribution is 2.32. The molecule has 0 unspecified atom stereocenters. The molecule has 1 aliphatic heterocycles. The van der Waals surface area contributed by atoms with E-state index < -0.39 is 5.97 Å². The predicted molar refractivity (Wildman–Crippen MR) is 101 cm³/mol. The Hall–Kier alpha value is -2.28. The van der Waals surface area contributed by atoms with E-state index in [1.54, 1.807) is 36.4 Å². The second-order valence-electron chi connectivity index (χ2n) is 4.97. The molecule has 25 heavy (non-hydrogen) atoms. The molecule has 1 amide bonds. The number of nitrogens with one attached hydrogen (secondary N) is 1. The summed E-state index contributed by atoms with van der Waals surface area (Å²) in [6, 6.07) is 11.3. The van der Waals surface area contributed by atoms with E-state index in [1.807, 2.05) is 0 Å². The molecule has 1 saturated heterocycles. The number of carboxylic acid groups (broad SMARTS) is 1. The van der Waals surface area contributed by atoms with Gasteiger partial charge in [-0.05, 0) is 47.7 Å². The number of benzene rings is 2. The van der Waals surface area contributed by atoms with Gasteiger partial charge in [0, 0.05) is 5.02 Å². The number of amidine groups is 1. The predicted octanol–water partition coefficient (Wildman–Crippen LogP) is 4.58. The lowest BCUT2D eigenvalue weighted by molar-refractivity contribution is -0.115. The summed E-state index contributed by atoms with van der Waals surface area (Å²) in [7, 11) is 0. The van der Waals surface area contributed by atoms with Gasteiger partial charge in [0.1, 0.15) is 0 Å². The third-order valence-electron chi connectivity index (χ3n) is 3.26. The highest BCUT2D eigenvalue weighted by Gasteiger charge is 2.24. The number of hydrogen-bond donors (Lipinski definition) is 2. The molecule has 0 bridgehead atoms. The number of hydrogen-bond acceptors (Lipinski definition) is 4. The smallest absolute Gasteiger partial charge is 0.336 e. The molecular weight excluding hydrogens is 383 g/mol. The summed E-state index contributed by atoms with van der Waals surface area (Å²) in [4.78, 5) is 28.0. The molecule has 2 aromatic carbocycles. The second kappa shape index (κ2) is 7.31. The summed E-state index contributed by atoms with van der Waals surface area (Å²) >= 11 is 13.0. The Morgan fingerprint density at radius 2 is 1.96 bits per heavy atom. The number of aromatic carboxylic acids is 1. The van der Waals surface area contributed by atoms with E-state index in [-0.39, 0.29) is 11.5 Å². The minimum absolute atomic E-state index is 0.120. The van der Waals surface area contributed by atoms with E-state index >= 15 is 0 Å². The summed E-state index contributed by atoms with van der Waals surface area (Å²) in [6.45, 7) is 0. The maximum Gasteiger partial charge on any atom is 0.336 e. The van der Waals surface area contributed by atoms with Gasteiger partial charge in [0.15, 0.2) is 5.17 Å². The van der Waals surface area contributed by atoms with Crippen molar-refractivity contribution in [3.63, 3.8) is 0 Å². The molecule has 8 heteroatoms. The number of halogens is 2. The molecule has 0 radical (unpaired) electrons. The van der Waals surface area contributed by atoms with Crippen molar-refractivity contribution in [3.8, 4) is 0 Å². The Balaban J connectivity index is 1.90. The van der Waals surface area contributed by atoms with Crippen LogP contribution in [-0.2, 0) is 4.79 Å². The Morgan fingerprint density at radius 1 is 1.20 bits per heavy atom. The topological polar surface area (TPSA) is 78.8 Å². The van der Waals surface area contributed by atoms with Crippen LogP contribution >= 0.6 is 35.0 Å². The Morgan fingerprint density at radius 3 is 2.68 bits per heavy atom. The van der Waals surface area contributed by atoms with Crippen molar-refractivity contribution < 1.29 is 14.7 Å². The van der Waals surface area contributed by atoms with Crippen molar-refractivity contribution >= 4 is 63.8 Å². The van der Waals surface area contributed by atoms with Crippen LogP contribution in [-0.4, -0.2) is 22.2 Å². The standard InChI is InChI=1S/C17H10Cl2N2O3S/c18-10-5-6-13(12(19)8-10)20-17-21-15(22)14(25-17)7-9-3-1-2-4-11(9)16(23)24/h1-8H,(H,23,24)(H,20,21,22)/b14-7+. The summed E-state index contributed by atoms with van der Waals surface area (Å²) in [5.41, 5.74) is 1.04. The lowest BCUT2D eigenvalue weighted by atomic mass is 10.1. The second-order valence-corrected chi connectivity index (χ2v) is 6.84. The van der Waals surface area contributed by atoms with E-state index in [4.69, 9.17) is 23.2 Å². The van der Waals surface area contributed by atoms with Crippen LogP contribution in [0.15, 0.2) is 52.4 Å². The third-order valence-corrected chi connectivity index (χ3v) is 4.71. The van der Waals surface area contributed by atoms with Crippen LogP contribution in [0.1, 0.15) is 15.9 Å². The van der Waals surface area contributed by atoms with E-state index in [1.165, 1.54) is 12.1 Å². The number of carbonyl (C=O) groups is 2. The summed E-state index contributed by atoms with van der Waals surface area (Å²) in [5.74, 6) is -1.41. The Bertz CT molecular complexity index is 941.